The molecule has 0 aliphatic rings. The topological polar surface area (TPSA) is 86.9 Å². The van der Waals surface area contributed by atoms with Crippen LogP contribution in [0.3, 0.4) is 0 Å². The summed E-state index contributed by atoms with van der Waals surface area (Å²) in [6.45, 7) is 1.83. The van der Waals surface area contributed by atoms with Crippen molar-refractivity contribution in [3.8, 4) is 11.4 Å². The lowest BCUT2D eigenvalue weighted by Crippen LogP contribution is -2.32. The number of hydrogen-bond acceptors (Lipinski definition) is 3. The van der Waals surface area contributed by atoms with Gasteiger partial charge in [-0.15, -0.1) is 0 Å². The average molecular weight is 447 g/mol. The number of amides is 2. The maximum absolute atomic E-state index is 12.5. The van der Waals surface area contributed by atoms with Gasteiger partial charge in [0.1, 0.15) is 5.82 Å². The van der Waals surface area contributed by atoms with Crippen molar-refractivity contribution in [3.63, 3.8) is 0 Å². The summed E-state index contributed by atoms with van der Waals surface area (Å²) in [5.74, 6) is 0.460. The highest BCUT2D eigenvalue weighted by Crippen LogP contribution is 2.21. The first-order valence-electron chi connectivity index (χ1n) is 10.3. The Hall–Kier alpha value is -3.64. The Labute approximate surface area is 191 Å². The number of halogens is 1. The molecule has 0 radical (unpaired) electrons. The monoisotopic (exact) mass is 446 g/mol. The lowest BCUT2D eigenvalue weighted by Gasteiger charge is -2.18. The van der Waals surface area contributed by atoms with E-state index in [0.29, 0.717) is 11.6 Å². The second-order valence-electron chi connectivity index (χ2n) is 7.58. The van der Waals surface area contributed by atoms with E-state index in [1.54, 1.807) is 12.1 Å². The number of nitrogens with one attached hydrogen (secondary N) is 3. The normalized spacial score (nSPS) is 11.8. The molecule has 32 heavy (non-hydrogen) atoms. The van der Waals surface area contributed by atoms with Crippen LogP contribution in [0.5, 0.6) is 0 Å². The molecular weight excluding hydrogens is 424 g/mol. The van der Waals surface area contributed by atoms with E-state index < -0.39 is 6.04 Å². The number of rotatable bonds is 7. The highest BCUT2D eigenvalue weighted by atomic mass is 35.5. The third-order valence-corrected chi connectivity index (χ3v) is 5.40. The highest BCUT2D eigenvalue weighted by Gasteiger charge is 2.17. The molecule has 7 heteroatoms. The number of carbonyl (C=O) groups excluding carboxylic acids is 2. The Morgan fingerprint density at radius 1 is 1.00 bits per heavy atom. The van der Waals surface area contributed by atoms with Gasteiger partial charge in [0.2, 0.25) is 11.8 Å². The van der Waals surface area contributed by atoms with Gasteiger partial charge < -0.3 is 15.6 Å². The molecule has 0 saturated heterocycles. The van der Waals surface area contributed by atoms with Crippen molar-refractivity contribution in [3.05, 3.63) is 88.9 Å². The molecule has 1 unspecified atom stereocenters. The first-order valence-corrected chi connectivity index (χ1v) is 10.7. The van der Waals surface area contributed by atoms with Gasteiger partial charge in [-0.25, -0.2) is 4.98 Å². The Balaban J connectivity index is 1.37. The number of carbonyl (C=O) groups is 2. The molecule has 0 aliphatic carbocycles. The lowest BCUT2D eigenvalue weighted by atomic mass is 10.0. The Kier molecular flexibility index (Phi) is 6.52. The number of benzene rings is 3. The minimum absolute atomic E-state index is 0.137. The highest BCUT2D eigenvalue weighted by molar-refractivity contribution is 6.30. The SMILES string of the molecule is CC(=O)NC(CC(=O)NCc1ccc(-c2nc3ccccc3[nH]2)cc1)c1ccc(Cl)cc1. The summed E-state index contributed by atoms with van der Waals surface area (Å²) in [7, 11) is 0. The fourth-order valence-corrected chi connectivity index (χ4v) is 3.65. The van der Waals surface area contributed by atoms with Crippen LogP contribution in [0.25, 0.3) is 22.4 Å². The fourth-order valence-electron chi connectivity index (χ4n) is 3.52. The van der Waals surface area contributed by atoms with Gasteiger partial charge in [0, 0.05) is 24.1 Å². The molecule has 0 saturated carbocycles. The molecule has 6 nitrogen and oxygen atoms in total. The molecule has 4 rings (SSSR count). The molecule has 1 atom stereocenters. The Morgan fingerprint density at radius 2 is 1.72 bits per heavy atom. The number of hydrogen-bond donors (Lipinski definition) is 3. The van der Waals surface area contributed by atoms with Gasteiger partial charge in [-0.05, 0) is 35.4 Å². The molecule has 3 N–H and O–H groups in total. The summed E-state index contributed by atoms with van der Waals surface area (Å²) in [5, 5.41) is 6.36. The van der Waals surface area contributed by atoms with Crippen molar-refractivity contribution in [2.75, 3.05) is 0 Å². The number of imidazole rings is 1. The van der Waals surface area contributed by atoms with Crippen LogP contribution in [0.2, 0.25) is 5.02 Å². The van der Waals surface area contributed by atoms with Crippen LogP contribution in [0, 0.1) is 0 Å². The maximum atomic E-state index is 12.5. The fraction of sp³-hybridized carbons (Fsp3) is 0.160. The Bertz CT molecular complexity index is 1200. The second kappa shape index (κ2) is 9.66. The van der Waals surface area contributed by atoms with Gasteiger partial charge in [-0.1, -0.05) is 60.1 Å². The van der Waals surface area contributed by atoms with E-state index >= 15 is 0 Å². The van der Waals surface area contributed by atoms with Gasteiger partial charge in [-0.2, -0.15) is 0 Å². The van der Waals surface area contributed by atoms with E-state index in [9.17, 15) is 9.59 Å². The summed E-state index contributed by atoms with van der Waals surface area (Å²) < 4.78 is 0. The maximum Gasteiger partial charge on any atom is 0.222 e. The van der Waals surface area contributed by atoms with E-state index in [-0.39, 0.29) is 18.2 Å². The number of aromatic amines is 1. The predicted molar refractivity (Wildman–Crippen MR) is 126 cm³/mol. The minimum atomic E-state index is -0.416. The summed E-state index contributed by atoms with van der Waals surface area (Å²) in [4.78, 5) is 32.0. The third kappa shape index (κ3) is 5.34. The summed E-state index contributed by atoms with van der Waals surface area (Å²) >= 11 is 5.94. The van der Waals surface area contributed by atoms with Crippen LogP contribution >= 0.6 is 11.6 Å². The smallest absolute Gasteiger partial charge is 0.222 e. The van der Waals surface area contributed by atoms with Crippen molar-refractivity contribution in [2.24, 2.45) is 0 Å². The van der Waals surface area contributed by atoms with Gasteiger partial charge >= 0.3 is 0 Å². The molecule has 3 aromatic carbocycles. The van der Waals surface area contributed by atoms with Crippen LogP contribution in [-0.4, -0.2) is 21.8 Å². The lowest BCUT2D eigenvalue weighted by molar-refractivity contribution is -0.122. The quantitative estimate of drug-likeness (QED) is 0.382. The zero-order valence-corrected chi connectivity index (χ0v) is 18.3. The molecular formula is C25H23ClN4O2. The molecule has 0 spiro atoms. The van der Waals surface area contributed by atoms with Crippen molar-refractivity contribution in [2.45, 2.75) is 25.9 Å². The van der Waals surface area contributed by atoms with Crippen LogP contribution in [0.1, 0.15) is 30.5 Å². The molecule has 0 fully saturated rings. The number of fused-ring (bicyclic) bond motifs is 1. The van der Waals surface area contributed by atoms with Gasteiger partial charge in [-0.3, -0.25) is 9.59 Å². The van der Waals surface area contributed by atoms with E-state index in [4.69, 9.17) is 11.6 Å². The van der Waals surface area contributed by atoms with Crippen LogP contribution in [-0.2, 0) is 16.1 Å². The number of para-hydroxylation sites is 2. The van der Waals surface area contributed by atoms with Crippen molar-refractivity contribution < 1.29 is 9.59 Å². The van der Waals surface area contributed by atoms with E-state index in [1.165, 1.54) is 6.92 Å². The average Bonchev–Trinajstić information content (AvgIpc) is 3.22. The number of aromatic nitrogens is 2. The van der Waals surface area contributed by atoms with Crippen LogP contribution in [0.4, 0.5) is 0 Å². The Morgan fingerprint density at radius 3 is 2.41 bits per heavy atom. The molecule has 162 valence electrons. The summed E-state index contributed by atoms with van der Waals surface area (Å²) in [5.41, 5.74) is 4.70. The van der Waals surface area contributed by atoms with Crippen LogP contribution < -0.4 is 10.6 Å². The first-order chi connectivity index (χ1) is 15.5. The standard InChI is InChI=1S/C25H23ClN4O2/c1-16(31)28-23(18-10-12-20(26)13-11-18)14-24(32)27-15-17-6-8-19(9-7-17)25-29-21-4-2-3-5-22(21)30-25/h2-13,23H,14-15H2,1H3,(H,27,32)(H,28,31)(H,29,30). The zero-order valence-electron chi connectivity index (χ0n) is 17.6. The third-order valence-electron chi connectivity index (χ3n) is 5.15. The van der Waals surface area contributed by atoms with Crippen LogP contribution in [0.15, 0.2) is 72.8 Å². The van der Waals surface area contributed by atoms with Crippen molar-refractivity contribution >= 4 is 34.4 Å². The predicted octanol–water partition coefficient (Wildman–Crippen LogP) is 4.77. The summed E-state index contributed by atoms with van der Waals surface area (Å²) in [6.07, 6.45) is 0.137. The first kappa shape index (κ1) is 21.6. The molecule has 0 aliphatic heterocycles. The molecule has 1 aromatic heterocycles. The zero-order chi connectivity index (χ0) is 22.5. The minimum Gasteiger partial charge on any atom is -0.352 e. The molecule has 4 aromatic rings. The molecule has 0 bridgehead atoms. The molecule has 2 amide bonds. The van der Waals surface area contributed by atoms with Crippen molar-refractivity contribution in [1.82, 2.24) is 20.6 Å². The van der Waals surface area contributed by atoms with E-state index in [0.717, 1.165) is 33.5 Å². The van der Waals surface area contributed by atoms with Gasteiger partial charge in [0.15, 0.2) is 0 Å². The summed E-state index contributed by atoms with van der Waals surface area (Å²) in [6, 6.07) is 22.5. The largest absolute Gasteiger partial charge is 0.352 e. The number of H-pyrrole nitrogens is 1. The number of nitrogens with zero attached hydrogens (tertiary/aromatic N) is 1. The second-order valence-corrected chi connectivity index (χ2v) is 8.02. The molecule has 1 heterocycles. The van der Waals surface area contributed by atoms with E-state index in [1.807, 2.05) is 60.7 Å². The van der Waals surface area contributed by atoms with Gasteiger partial charge in [0.25, 0.3) is 0 Å². The van der Waals surface area contributed by atoms with E-state index in [2.05, 4.69) is 20.6 Å². The van der Waals surface area contributed by atoms with Crippen molar-refractivity contribution in [1.29, 1.82) is 0 Å². The van der Waals surface area contributed by atoms with Gasteiger partial charge in [0.05, 0.1) is 23.5 Å².